The molecule has 4 aliphatic rings. The zero-order valence-electron chi connectivity index (χ0n) is 37.3. The van der Waals surface area contributed by atoms with Gasteiger partial charge in [-0.05, 0) is 143 Å². The van der Waals surface area contributed by atoms with Gasteiger partial charge >= 0.3 is 0 Å². The fourth-order valence-corrected chi connectivity index (χ4v) is 13.1. The molecule has 1 atom stereocenters. The van der Waals surface area contributed by atoms with E-state index in [0.717, 1.165) is 45.4 Å². The van der Waals surface area contributed by atoms with Crippen molar-refractivity contribution in [3.63, 3.8) is 0 Å². The average Bonchev–Trinajstić information content (AvgIpc) is 4.08. The molecule has 0 amide bonds. The van der Waals surface area contributed by atoms with Gasteiger partial charge in [-0.3, -0.25) is 0 Å². The van der Waals surface area contributed by atoms with Gasteiger partial charge in [0.05, 0.1) is 11.1 Å². The highest BCUT2D eigenvalue weighted by molar-refractivity contribution is 6.11. The Balaban J connectivity index is 1.07. The van der Waals surface area contributed by atoms with Crippen LogP contribution in [0.1, 0.15) is 58.4 Å². The average molecular weight is 854 g/mol. The van der Waals surface area contributed by atoms with Crippen molar-refractivity contribution in [2.45, 2.75) is 31.1 Å². The molecule has 11 aromatic rings. The number of hydrogen-bond acceptors (Lipinski definition) is 2. The lowest BCUT2D eigenvalue weighted by atomic mass is 9.65. The van der Waals surface area contributed by atoms with Gasteiger partial charge in [0.25, 0.3) is 0 Å². The lowest BCUT2D eigenvalue weighted by molar-refractivity contribution is 0.660. The Morgan fingerprint density at radius 3 is 1.69 bits per heavy atom. The van der Waals surface area contributed by atoms with Crippen molar-refractivity contribution in [2.75, 3.05) is 4.90 Å². The number of hydrogen-bond donors (Lipinski definition) is 0. The van der Waals surface area contributed by atoms with Crippen LogP contribution in [0, 0.1) is 0 Å². The van der Waals surface area contributed by atoms with Crippen LogP contribution in [0.2, 0.25) is 0 Å². The highest BCUT2D eigenvalue weighted by atomic mass is 16.3. The van der Waals surface area contributed by atoms with E-state index in [4.69, 9.17) is 4.42 Å². The topological polar surface area (TPSA) is 16.4 Å². The number of fused-ring (bicyclic) bond motifs is 22. The van der Waals surface area contributed by atoms with Crippen molar-refractivity contribution in [1.82, 2.24) is 0 Å². The van der Waals surface area contributed by atoms with E-state index in [2.05, 4.69) is 231 Å². The van der Waals surface area contributed by atoms with E-state index in [1.165, 1.54) is 100 Å². The third-order valence-corrected chi connectivity index (χ3v) is 15.9. The van der Waals surface area contributed by atoms with Crippen LogP contribution in [0.15, 0.2) is 217 Å². The van der Waals surface area contributed by atoms with Crippen molar-refractivity contribution in [3.05, 3.63) is 257 Å². The summed E-state index contributed by atoms with van der Waals surface area (Å²) in [6.45, 7) is 4.74. The molecule has 0 radical (unpaired) electrons. The van der Waals surface area contributed by atoms with E-state index in [-0.39, 0.29) is 5.41 Å². The molecule has 1 aromatic heterocycles. The number of furan rings is 1. The van der Waals surface area contributed by atoms with Crippen LogP contribution < -0.4 is 4.90 Å². The Morgan fingerprint density at radius 1 is 0.373 bits per heavy atom. The highest BCUT2D eigenvalue weighted by Gasteiger charge is 2.51. The molecule has 2 heteroatoms. The lowest BCUT2D eigenvalue weighted by Crippen LogP contribution is -2.29. The number of anilines is 3. The minimum atomic E-state index is -0.655. The van der Waals surface area contributed by atoms with Crippen LogP contribution in [0.3, 0.4) is 0 Å². The van der Waals surface area contributed by atoms with Crippen molar-refractivity contribution in [1.29, 1.82) is 0 Å². The van der Waals surface area contributed by atoms with Crippen molar-refractivity contribution < 1.29 is 4.42 Å². The summed E-state index contributed by atoms with van der Waals surface area (Å²) in [6, 6.07) is 80.0. The molecule has 0 aliphatic heterocycles. The zero-order valence-corrected chi connectivity index (χ0v) is 37.3. The van der Waals surface area contributed by atoms with E-state index in [1.807, 2.05) is 0 Å². The standard InChI is InChI=1S/C65H43NO/c1-64(2)53-25-11-7-21-47(53)49-34-32-41(37-57(49)64)66(59-28-15-24-51-50-22-10-14-29-60(50)67-63(51)59)42-31-33-48-45-19-6-5-18-44(45)46-20-8-12-26-54(46)65(58(48)38-42)55-27-13-9-23-52(55)62-56(65)35-30-40-36-39-16-3-4-17-43(39)61(40)62/h3-35,37-38H,36H2,1-2H3. The number of nitrogens with zero attached hydrogens (tertiary/aromatic N) is 1. The first-order valence-corrected chi connectivity index (χ1v) is 23.6. The van der Waals surface area contributed by atoms with E-state index in [1.54, 1.807) is 0 Å². The molecular weight excluding hydrogens is 811 g/mol. The van der Waals surface area contributed by atoms with Gasteiger partial charge in [0.1, 0.15) is 5.58 Å². The summed E-state index contributed by atoms with van der Waals surface area (Å²) >= 11 is 0. The summed E-state index contributed by atoms with van der Waals surface area (Å²) < 4.78 is 6.93. The Kier molecular flexibility index (Phi) is 7.31. The van der Waals surface area contributed by atoms with Gasteiger partial charge in [-0.2, -0.15) is 0 Å². The third kappa shape index (κ3) is 4.74. The van der Waals surface area contributed by atoms with E-state index in [0.29, 0.717) is 0 Å². The summed E-state index contributed by atoms with van der Waals surface area (Å²) in [6.07, 6.45) is 0.946. The summed E-state index contributed by atoms with van der Waals surface area (Å²) in [5, 5.41) is 2.22. The molecule has 15 rings (SSSR count). The van der Waals surface area contributed by atoms with Gasteiger partial charge in [-0.1, -0.05) is 190 Å². The number of benzene rings is 10. The van der Waals surface area contributed by atoms with E-state index < -0.39 is 5.41 Å². The van der Waals surface area contributed by atoms with Gasteiger partial charge in [-0.15, -0.1) is 0 Å². The fraction of sp³-hybridized carbons (Fsp3) is 0.0769. The summed E-state index contributed by atoms with van der Waals surface area (Å²) in [4.78, 5) is 2.47. The zero-order chi connectivity index (χ0) is 44.2. The van der Waals surface area contributed by atoms with E-state index >= 15 is 0 Å². The molecule has 0 fully saturated rings. The molecule has 2 nitrogen and oxygen atoms in total. The maximum Gasteiger partial charge on any atom is 0.159 e. The molecule has 314 valence electrons. The van der Waals surface area contributed by atoms with Gasteiger partial charge in [-0.25, -0.2) is 0 Å². The molecule has 0 N–H and O–H groups in total. The minimum absolute atomic E-state index is 0.180. The molecule has 0 saturated heterocycles. The van der Waals surface area contributed by atoms with Crippen LogP contribution in [0.4, 0.5) is 17.1 Å². The largest absolute Gasteiger partial charge is 0.454 e. The van der Waals surface area contributed by atoms with Crippen LogP contribution in [-0.2, 0) is 17.3 Å². The van der Waals surface area contributed by atoms with Crippen molar-refractivity contribution in [3.8, 4) is 55.6 Å². The van der Waals surface area contributed by atoms with Gasteiger partial charge in [0.15, 0.2) is 5.58 Å². The molecule has 1 spiro atoms. The van der Waals surface area contributed by atoms with Gasteiger partial charge in [0.2, 0.25) is 0 Å². The quantitative estimate of drug-likeness (QED) is 0.176. The number of para-hydroxylation sites is 2. The predicted molar refractivity (Wildman–Crippen MR) is 276 cm³/mol. The second-order valence-electron chi connectivity index (χ2n) is 19.5. The maximum atomic E-state index is 6.93. The van der Waals surface area contributed by atoms with E-state index in [9.17, 15) is 0 Å². The maximum absolute atomic E-state index is 6.93. The molecule has 10 aromatic carbocycles. The van der Waals surface area contributed by atoms with Crippen LogP contribution in [0.25, 0.3) is 77.6 Å². The summed E-state index contributed by atoms with van der Waals surface area (Å²) in [5.74, 6) is 0. The first-order chi connectivity index (χ1) is 33.0. The summed E-state index contributed by atoms with van der Waals surface area (Å²) in [5.41, 5.74) is 27.9. The SMILES string of the molecule is CC1(C)c2ccccc2-c2ccc(N(c3ccc4c(c3)C3(c5ccccc5-c5ccccc5-4)c4ccccc4-c4c3ccc3c4-c4ccccc4C3)c3cccc4c3oc3ccccc34)cc21. The monoisotopic (exact) mass is 853 g/mol. The highest BCUT2D eigenvalue weighted by Crippen LogP contribution is 2.65. The molecule has 4 aliphatic carbocycles. The Labute approximate surface area is 390 Å². The first kappa shape index (κ1) is 37.1. The second kappa shape index (κ2) is 13.2. The van der Waals surface area contributed by atoms with Crippen LogP contribution in [-0.4, -0.2) is 0 Å². The Hall–Kier alpha value is -8.20. The number of rotatable bonds is 3. The lowest BCUT2D eigenvalue weighted by Gasteiger charge is -2.36. The Bertz CT molecular complexity index is 3960. The normalized spacial score (nSPS) is 16.0. The Morgan fingerprint density at radius 2 is 0.925 bits per heavy atom. The molecule has 0 bridgehead atoms. The van der Waals surface area contributed by atoms with Crippen LogP contribution in [0.5, 0.6) is 0 Å². The molecule has 0 saturated carbocycles. The molecule has 1 heterocycles. The first-order valence-electron chi connectivity index (χ1n) is 23.6. The van der Waals surface area contributed by atoms with Gasteiger partial charge in [0, 0.05) is 27.6 Å². The second-order valence-corrected chi connectivity index (χ2v) is 19.5. The molecule has 67 heavy (non-hydrogen) atoms. The third-order valence-electron chi connectivity index (χ3n) is 15.9. The van der Waals surface area contributed by atoms with Gasteiger partial charge < -0.3 is 9.32 Å². The minimum Gasteiger partial charge on any atom is -0.454 e. The molecular formula is C65H43NO. The smallest absolute Gasteiger partial charge is 0.159 e. The predicted octanol–water partition coefficient (Wildman–Crippen LogP) is 16.9. The summed E-state index contributed by atoms with van der Waals surface area (Å²) in [7, 11) is 0. The van der Waals surface area contributed by atoms with Crippen molar-refractivity contribution in [2.24, 2.45) is 0 Å². The fourth-order valence-electron chi connectivity index (χ4n) is 13.1. The van der Waals surface area contributed by atoms with Crippen LogP contribution >= 0.6 is 0 Å². The molecule has 1 unspecified atom stereocenters. The van der Waals surface area contributed by atoms with Crippen molar-refractivity contribution >= 4 is 39.0 Å².